The molecule has 0 N–H and O–H groups in total. The Morgan fingerprint density at radius 2 is 2.10 bits per heavy atom. The van der Waals surface area contributed by atoms with E-state index in [0.29, 0.717) is 5.56 Å². The van der Waals surface area contributed by atoms with E-state index in [9.17, 15) is 14.9 Å². The Labute approximate surface area is 121 Å². The molecule has 8 heteroatoms. The lowest BCUT2D eigenvalue weighted by Gasteiger charge is -2.30. The van der Waals surface area contributed by atoms with Crippen LogP contribution < -0.4 is 4.90 Å². The molecule has 0 bridgehead atoms. The number of anilines is 1. The van der Waals surface area contributed by atoms with E-state index in [1.165, 1.54) is 12.1 Å². The number of rotatable bonds is 4. The molecule has 1 aromatic carbocycles. The minimum Gasteiger partial charge on any atom is -0.371 e. The molecule has 2 rings (SSSR count). The minimum atomic E-state index is -0.642. The van der Waals surface area contributed by atoms with Gasteiger partial charge in [-0.2, -0.15) is 0 Å². The van der Waals surface area contributed by atoms with Gasteiger partial charge in [0.05, 0.1) is 4.92 Å². The maximum absolute atomic E-state index is 11.5. The Kier molecular flexibility index (Phi) is 4.73. The van der Waals surface area contributed by atoms with Crippen LogP contribution in [0.2, 0.25) is 0 Å². The summed E-state index contributed by atoms with van der Waals surface area (Å²) in [5, 5.41) is 13.9. The third-order valence-electron chi connectivity index (χ3n) is 3.47. The van der Waals surface area contributed by atoms with Crippen LogP contribution in [0.15, 0.2) is 23.3 Å². The van der Waals surface area contributed by atoms with Crippen molar-refractivity contribution in [3.05, 3.63) is 44.3 Å². The number of carbonyl (C=O) groups excluding carboxylic acids is 1. The summed E-state index contributed by atoms with van der Waals surface area (Å²) in [4.78, 5) is 26.5. The van der Waals surface area contributed by atoms with Crippen LogP contribution in [-0.4, -0.2) is 23.9 Å². The number of non-ortho nitro benzene ring substituents is 1. The van der Waals surface area contributed by atoms with E-state index in [1.807, 2.05) is 0 Å². The zero-order chi connectivity index (χ0) is 15.2. The van der Waals surface area contributed by atoms with Crippen LogP contribution in [0.1, 0.15) is 24.8 Å². The van der Waals surface area contributed by atoms with Crippen LogP contribution in [0.25, 0.3) is 10.4 Å². The number of hydrogen-bond donors (Lipinski definition) is 0. The molecule has 21 heavy (non-hydrogen) atoms. The van der Waals surface area contributed by atoms with Gasteiger partial charge in [-0.05, 0) is 41.5 Å². The molecule has 1 amide bonds. The van der Waals surface area contributed by atoms with Gasteiger partial charge < -0.3 is 4.90 Å². The third kappa shape index (κ3) is 3.70. The molecule has 1 saturated heterocycles. The van der Waals surface area contributed by atoms with Gasteiger partial charge in [-0.1, -0.05) is 0 Å². The van der Waals surface area contributed by atoms with Crippen molar-refractivity contribution in [1.82, 2.24) is 0 Å². The highest BCUT2D eigenvalue weighted by molar-refractivity contribution is 5.81. The second-order valence-corrected chi connectivity index (χ2v) is 4.88. The Morgan fingerprint density at radius 3 is 2.71 bits per heavy atom. The molecule has 1 heterocycles. The average Bonchev–Trinajstić information content (AvgIpc) is 2.48. The molecule has 1 aliphatic rings. The molecule has 1 fully saturated rings. The van der Waals surface area contributed by atoms with Crippen molar-refractivity contribution in [3.63, 3.8) is 0 Å². The monoisotopic (exact) mass is 289 g/mol. The SMILES string of the molecule is [N-]=[N+]=NC(=O)Cc1cc([N+](=O)[O-])ccc1N1CCCCC1. The van der Waals surface area contributed by atoms with E-state index in [0.717, 1.165) is 38.0 Å². The van der Waals surface area contributed by atoms with E-state index in [2.05, 4.69) is 14.9 Å². The molecule has 110 valence electrons. The van der Waals surface area contributed by atoms with Crippen molar-refractivity contribution in [3.8, 4) is 0 Å². The molecule has 0 atom stereocenters. The molecule has 0 aromatic heterocycles. The Bertz CT molecular complexity index is 604. The summed E-state index contributed by atoms with van der Waals surface area (Å²) in [6, 6.07) is 4.49. The van der Waals surface area contributed by atoms with E-state index in [-0.39, 0.29) is 12.1 Å². The average molecular weight is 289 g/mol. The molecule has 0 saturated carbocycles. The van der Waals surface area contributed by atoms with Gasteiger partial charge in [0, 0.05) is 42.2 Å². The molecule has 0 spiro atoms. The number of nitro groups is 1. The zero-order valence-corrected chi connectivity index (χ0v) is 11.4. The summed E-state index contributed by atoms with van der Waals surface area (Å²) in [7, 11) is 0. The lowest BCUT2D eigenvalue weighted by Crippen LogP contribution is -2.30. The molecular weight excluding hydrogens is 274 g/mol. The van der Waals surface area contributed by atoms with E-state index in [4.69, 9.17) is 5.53 Å². The van der Waals surface area contributed by atoms with Crippen LogP contribution in [0.4, 0.5) is 11.4 Å². The van der Waals surface area contributed by atoms with Gasteiger partial charge in [0.15, 0.2) is 0 Å². The van der Waals surface area contributed by atoms with Crippen molar-refractivity contribution < 1.29 is 9.72 Å². The smallest absolute Gasteiger partial charge is 0.269 e. The predicted octanol–water partition coefficient (Wildman–Crippen LogP) is 2.96. The number of carbonyl (C=O) groups is 1. The van der Waals surface area contributed by atoms with Crippen LogP contribution in [0.3, 0.4) is 0 Å². The second kappa shape index (κ2) is 6.71. The van der Waals surface area contributed by atoms with Gasteiger partial charge >= 0.3 is 0 Å². The number of amides is 1. The summed E-state index contributed by atoms with van der Waals surface area (Å²) in [6.07, 6.45) is 3.15. The molecule has 0 radical (unpaired) electrons. The summed E-state index contributed by atoms with van der Waals surface area (Å²) in [5.41, 5.74) is 9.56. The highest BCUT2D eigenvalue weighted by Gasteiger charge is 2.19. The summed E-state index contributed by atoms with van der Waals surface area (Å²) in [6.45, 7) is 1.72. The fourth-order valence-electron chi connectivity index (χ4n) is 2.52. The lowest BCUT2D eigenvalue weighted by atomic mass is 10.0. The molecule has 1 aromatic rings. The first-order chi connectivity index (χ1) is 10.1. The van der Waals surface area contributed by atoms with Crippen molar-refractivity contribution in [2.45, 2.75) is 25.7 Å². The van der Waals surface area contributed by atoms with Gasteiger partial charge in [-0.3, -0.25) is 14.9 Å². The van der Waals surface area contributed by atoms with Crippen molar-refractivity contribution in [2.24, 2.45) is 5.11 Å². The Hall–Kier alpha value is -2.60. The van der Waals surface area contributed by atoms with Gasteiger partial charge in [-0.25, -0.2) is 0 Å². The molecule has 8 nitrogen and oxygen atoms in total. The molecule has 0 aliphatic carbocycles. The minimum absolute atomic E-state index is 0.0699. The predicted molar refractivity (Wildman–Crippen MR) is 77.0 cm³/mol. The lowest BCUT2D eigenvalue weighted by molar-refractivity contribution is -0.384. The quantitative estimate of drug-likeness (QED) is 0.279. The van der Waals surface area contributed by atoms with Crippen LogP contribution in [0, 0.1) is 10.1 Å². The molecule has 0 unspecified atom stereocenters. The topological polar surface area (TPSA) is 112 Å². The van der Waals surface area contributed by atoms with Crippen molar-refractivity contribution in [2.75, 3.05) is 18.0 Å². The van der Waals surface area contributed by atoms with Crippen LogP contribution >= 0.6 is 0 Å². The van der Waals surface area contributed by atoms with Crippen molar-refractivity contribution in [1.29, 1.82) is 0 Å². The first-order valence-electron chi connectivity index (χ1n) is 6.72. The summed E-state index contributed by atoms with van der Waals surface area (Å²) >= 11 is 0. The van der Waals surface area contributed by atoms with E-state index in [1.54, 1.807) is 6.07 Å². The molecular formula is C13H15N5O3. The van der Waals surface area contributed by atoms with Crippen molar-refractivity contribution >= 4 is 17.3 Å². The summed E-state index contributed by atoms with van der Waals surface area (Å²) in [5.74, 6) is -0.642. The van der Waals surface area contributed by atoms with Gasteiger partial charge in [0.2, 0.25) is 5.91 Å². The number of azide groups is 1. The van der Waals surface area contributed by atoms with Crippen LogP contribution in [0.5, 0.6) is 0 Å². The number of benzene rings is 1. The maximum Gasteiger partial charge on any atom is 0.269 e. The highest BCUT2D eigenvalue weighted by Crippen LogP contribution is 2.28. The third-order valence-corrected chi connectivity index (χ3v) is 3.47. The Balaban J connectivity index is 2.35. The standard InChI is InChI=1S/C13H15N5O3/c14-16-15-13(19)9-10-8-11(18(20)21)4-5-12(10)17-6-2-1-3-7-17/h4-5,8H,1-3,6-7,9H2. The van der Waals surface area contributed by atoms with E-state index >= 15 is 0 Å². The normalized spacial score (nSPS) is 14.4. The molecule has 1 aliphatic heterocycles. The number of nitrogens with zero attached hydrogens (tertiary/aromatic N) is 5. The van der Waals surface area contributed by atoms with Crippen LogP contribution in [-0.2, 0) is 11.2 Å². The van der Waals surface area contributed by atoms with Gasteiger partial charge in [-0.15, -0.1) is 0 Å². The van der Waals surface area contributed by atoms with Gasteiger partial charge in [0.1, 0.15) is 0 Å². The second-order valence-electron chi connectivity index (χ2n) is 4.88. The number of nitro benzene ring substituents is 1. The fraction of sp³-hybridized carbons (Fsp3) is 0.462. The van der Waals surface area contributed by atoms with Gasteiger partial charge in [0.25, 0.3) is 5.69 Å². The van der Waals surface area contributed by atoms with E-state index < -0.39 is 10.8 Å². The number of piperidine rings is 1. The first kappa shape index (κ1) is 14.8. The number of hydrogen-bond acceptors (Lipinski definition) is 4. The zero-order valence-electron chi connectivity index (χ0n) is 11.4. The highest BCUT2D eigenvalue weighted by atomic mass is 16.6. The fourth-order valence-corrected chi connectivity index (χ4v) is 2.52. The largest absolute Gasteiger partial charge is 0.371 e. The maximum atomic E-state index is 11.5. The first-order valence-corrected chi connectivity index (χ1v) is 6.72. The Morgan fingerprint density at radius 1 is 1.38 bits per heavy atom. The summed E-state index contributed by atoms with van der Waals surface area (Å²) < 4.78 is 0.